The van der Waals surface area contributed by atoms with Crippen LogP contribution < -0.4 is 5.32 Å². The Morgan fingerprint density at radius 2 is 1.70 bits per heavy atom. The summed E-state index contributed by atoms with van der Waals surface area (Å²) in [6.07, 6.45) is 2.28. The maximum atomic E-state index is 4.49. The number of likely N-dealkylation sites (tertiary alicyclic amines) is 1. The van der Waals surface area contributed by atoms with Crippen molar-refractivity contribution < 1.29 is 0 Å². The highest BCUT2D eigenvalue weighted by atomic mass is 15.2. The van der Waals surface area contributed by atoms with Gasteiger partial charge in [-0.1, -0.05) is 24.3 Å². The van der Waals surface area contributed by atoms with Gasteiger partial charge in [-0.05, 0) is 50.8 Å². The van der Waals surface area contributed by atoms with Gasteiger partial charge in [0, 0.05) is 37.1 Å². The summed E-state index contributed by atoms with van der Waals surface area (Å²) in [6.45, 7) is 9.53. The highest BCUT2D eigenvalue weighted by molar-refractivity contribution is 5.29. The van der Waals surface area contributed by atoms with Gasteiger partial charge < -0.3 is 5.32 Å². The molecule has 1 aliphatic rings. The van der Waals surface area contributed by atoms with E-state index in [0.717, 1.165) is 49.8 Å². The van der Waals surface area contributed by atoms with Crippen LogP contribution in [0.1, 0.15) is 35.4 Å². The van der Waals surface area contributed by atoms with E-state index in [1.165, 1.54) is 11.1 Å². The number of piperidine rings is 1. The van der Waals surface area contributed by atoms with E-state index < -0.39 is 0 Å². The third-order valence-corrected chi connectivity index (χ3v) is 4.56. The molecule has 1 aromatic heterocycles. The summed E-state index contributed by atoms with van der Waals surface area (Å²) in [5, 5.41) is 3.51. The lowest BCUT2D eigenvalue weighted by molar-refractivity contribution is 0.210. The molecule has 0 aliphatic carbocycles. The number of aromatic nitrogens is 2. The highest BCUT2D eigenvalue weighted by Gasteiger charge is 2.20. The fraction of sp³-hybridized carbons (Fsp3) is 0.474. The molecule has 0 spiro atoms. The fourth-order valence-corrected chi connectivity index (χ4v) is 3.24. The molecule has 0 radical (unpaired) electrons. The van der Waals surface area contributed by atoms with Gasteiger partial charge in [-0.25, -0.2) is 9.97 Å². The molecule has 3 rings (SSSR count). The van der Waals surface area contributed by atoms with Gasteiger partial charge in [0.25, 0.3) is 0 Å². The Bertz CT molecular complexity index is 640. The first-order chi connectivity index (χ1) is 11.1. The van der Waals surface area contributed by atoms with Gasteiger partial charge in [-0.3, -0.25) is 4.90 Å². The van der Waals surface area contributed by atoms with Crippen LogP contribution in [-0.4, -0.2) is 34.0 Å². The monoisotopic (exact) mass is 310 g/mol. The minimum Gasteiger partial charge on any atom is -0.351 e. The molecule has 0 saturated carbocycles. The quantitative estimate of drug-likeness (QED) is 0.938. The Labute approximate surface area is 139 Å². The molecule has 2 heterocycles. The van der Waals surface area contributed by atoms with Crippen molar-refractivity contribution in [1.29, 1.82) is 0 Å². The Kier molecular flexibility index (Phi) is 4.91. The molecule has 0 atom stereocenters. The van der Waals surface area contributed by atoms with Crippen LogP contribution in [0.4, 0.5) is 5.95 Å². The summed E-state index contributed by atoms with van der Waals surface area (Å²) in [5.41, 5.74) is 4.88. The summed E-state index contributed by atoms with van der Waals surface area (Å²) in [7, 11) is 0. The molecule has 1 N–H and O–H groups in total. The zero-order valence-corrected chi connectivity index (χ0v) is 14.3. The predicted molar refractivity (Wildman–Crippen MR) is 94.6 cm³/mol. The first-order valence-corrected chi connectivity index (χ1v) is 8.46. The molecule has 0 amide bonds. The van der Waals surface area contributed by atoms with E-state index >= 15 is 0 Å². The molecule has 1 fully saturated rings. The predicted octanol–water partition coefficient (Wildman–Crippen LogP) is 3.48. The lowest BCUT2D eigenvalue weighted by Crippen LogP contribution is -2.39. The van der Waals surface area contributed by atoms with E-state index in [-0.39, 0.29) is 0 Å². The van der Waals surface area contributed by atoms with Crippen LogP contribution in [0.25, 0.3) is 0 Å². The van der Waals surface area contributed by atoms with Gasteiger partial charge in [0.1, 0.15) is 0 Å². The lowest BCUT2D eigenvalue weighted by Gasteiger charge is -2.32. The van der Waals surface area contributed by atoms with E-state index in [4.69, 9.17) is 0 Å². The molecule has 0 bridgehead atoms. The van der Waals surface area contributed by atoms with Crippen molar-refractivity contribution in [1.82, 2.24) is 14.9 Å². The molecular formula is C19H26N4. The van der Waals surface area contributed by atoms with Gasteiger partial charge in [0.05, 0.1) is 0 Å². The molecule has 1 aliphatic heterocycles. The summed E-state index contributed by atoms with van der Waals surface area (Å²) in [6, 6.07) is 11.2. The van der Waals surface area contributed by atoms with Crippen molar-refractivity contribution in [3.8, 4) is 0 Å². The van der Waals surface area contributed by atoms with E-state index in [0.29, 0.717) is 6.04 Å². The lowest BCUT2D eigenvalue weighted by atomic mass is 10.0. The Morgan fingerprint density at radius 1 is 1.04 bits per heavy atom. The van der Waals surface area contributed by atoms with Crippen LogP contribution in [0.2, 0.25) is 0 Å². The average Bonchev–Trinajstić information content (AvgIpc) is 2.50. The van der Waals surface area contributed by atoms with Gasteiger partial charge in [0.15, 0.2) is 0 Å². The first kappa shape index (κ1) is 15.9. The smallest absolute Gasteiger partial charge is 0.223 e. The normalized spacial score (nSPS) is 16.5. The molecular weight excluding hydrogens is 284 g/mol. The van der Waals surface area contributed by atoms with E-state index in [9.17, 15) is 0 Å². The van der Waals surface area contributed by atoms with Gasteiger partial charge in [-0.15, -0.1) is 0 Å². The number of anilines is 1. The van der Waals surface area contributed by atoms with Gasteiger partial charge in [0.2, 0.25) is 5.95 Å². The van der Waals surface area contributed by atoms with E-state index in [2.05, 4.69) is 51.4 Å². The van der Waals surface area contributed by atoms with E-state index in [1.807, 2.05) is 19.9 Å². The van der Waals surface area contributed by atoms with Crippen LogP contribution >= 0.6 is 0 Å². The average molecular weight is 310 g/mol. The highest BCUT2D eigenvalue weighted by Crippen LogP contribution is 2.18. The van der Waals surface area contributed by atoms with Crippen molar-refractivity contribution in [3.63, 3.8) is 0 Å². The zero-order chi connectivity index (χ0) is 16.2. The van der Waals surface area contributed by atoms with Crippen molar-refractivity contribution in [2.45, 2.75) is 46.2 Å². The van der Waals surface area contributed by atoms with Crippen LogP contribution in [0.5, 0.6) is 0 Å². The number of hydrogen-bond donors (Lipinski definition) is 1. The van der Waals surface area contributed by atoms with E-state index in [1.54, 1.807) is 0 Å². The summed E-state index contributed by atoms with van der Waals surface area (Å²) in [4.78, 5) is 11.5. The Morgan fingerprint density at radius 3 is 2.35 bits per heavy atom. The molecule has 1 aromatic carbocycles. The first-order valence-electron chi connectivity index (χ1n) is 8.46. The van der Waals surface area contributed by atoms with Crippen molar-refractivity contribution in [2.24, 2.45) is 0 Å². The molecule has 1 saturated heterocycles. The Hall–Kier alpha value is -1.94. The second kappa shape index (κ2) is 7.09. The third kappa shape index (κ3) is 4.29. The topological polar surface area (TPSA) is 41.1 Å². The van der Waals surface area contributed by atoms with Crippen molar-refractivity contribution >= 4 is 5.95 Å². The van der Waals surface area contributed by atoms with Crippen LogP contribution in [0, 0.1) is 20.8 Å². The maximum absolute atomic E-state index is 4.49. The minimum absolute atomic E-state index is 0.476. The van der Waals surface area contributed by atoms with Crippen molar-refractivity contribution in [2.75, 3.05) is 18.4 Å². The van der Waals surface area contributed by atoms with Crippen LogP contribution in [-0.2, 0) is 6.54 Å². The standard InChI is InChI=1S/C19H26N4/c1-14-6-4-5-7-17(14)13-23-10-8-18(9-11-23)22-19-20-15(2)12-16(3)21-19/h4-7,12,18H,8-11,13H2,1-3H3,(H,20,21,22). The fourth-order valence-electron chi connectivity index (χ4n) is 3.24. The maximum Gasteiger partial charge on any atom is 0.223 e. The minimum atomic E-state index is 0.476. The second-order valence-corrected chi connectivity index (χ2v) is 6.60. The number of hydrogen-bond acceptors (Lipinski definition) is 4. The number of nitrogens with zero attached hydrogens (tertiary/aromatic N) is 3. The summed E-state index contributed by atoms with van der Waals surface area (Å²) < 4.78 is 0. The molecule has 122 valence electrons. The van der Waals surface area contributed by atoms with Crippen LogP contribution in [0.3, 0.4) is 0 Å². The molecule has 0 unspecified atom stereocenters. The van der Waals surface area contributed by atoms with Crippen LogP contribution in [0.15, 0.2) is 30.3 Å². The molecule has 4 nitrogen and oxygen atoms in total. The second-order valence-electron chi connectivity index (χ2n) is 6.60. The number of rotatable bonds is 4. The van der Waals surface area contributed by atoms with Gasteiger partial charge >= 0.3 is 0 Å². The largest absolute Gasteiger partial charge is 0.351 e. The molecule has 23 heavy (non-hydrogen) atoms. The number of nitrogens with one attached hydrogen (secondary N) is 1. The SMILES string of the molecule is Cc1cc(C)nc(NC2CCN(Cc3ccccc3C)CC2)n1. The zero-order valence-electron chi connectivity index (χ0n) is 14.3. The summed E-state index contributed by atoms with van der Waals surface area (Å²) >= 11 is 0. The Balaban J connectivity index is 1.53. The third-order valence-electron chi connectivity index (χ3n) is 4.56. The number of benzene rings is 1. The molecule has 2 aromatic rings. The van der Waals surface area contributed by atoms with Crippen molar-refractivity contribution in [3.05, 3.63) is 52.8 Å². The number of aryl methyl sites for hydroxylation is 3. The van der Waals surface area contributed by atoms with Gasteiger partial charge in [-0.2, -0.15) is 0 Å². The molecule has 4 heteroatoms. The summed E-state index contributed by atoms with van der Waals surface area (Å²) in [5.74, 6) is 0.778.